The Bertz CT molecular complexity index is 341. The van der Waals surface area contributed by atoms with Crippen molar-refractivity contribution in [1.82, 2.24) is 9.03 Å². The molecule has 0 amide bonds. The molecule has 0 spiro atoms. The monoisotopic (exact) mass is 263 g/mol. The van der Waals surface area contributed by atoms with E-state index in [0.717, 1.165) is 25.9 Å². The van der Waals surface area contributed by atoms with Crippen LogP contribution in [0.3, 0.4) is 0 Å². The summed E-state index contributed by atoms with van der Waals surface area (Å²) in [6.07, 6.45) is 2.89. The van der Waals surface area contributed by atoms with E-state index < -0.39 is 10.2 Å². The molecule has 0 bridgehead atoms. The highest BCUT2D eigenvalue weighted by Crippen LogP contribution is 2.19. The van der Waals surface area contributed by atoms with E-state index in [2.05, 4.69) is 4.72 Å². The van der Waals surface area contributed by atoms with Crippen LogP contribution in [-0.2, 0) is 14.9 Å². The average molecular weight is 263 g/mol. The molecule has 0 aromatic rings. The maximum absolute atomic E-state index is 11.8. The van der Waals surface area contributed by atoms with Crippen molar-refractivity contribution in [3.8, 4) is 0 Å². The summed E-state index contributed by atoms with van der Waals surface area (Å²) in [5.41, 5.74) is 5.52. The highest BCUT2D eigenvalue weighted by molar-refractivity contribution is 7.87. The van der Waals surface area contributed by atoms with E-state index in [1.54, 1.807) is 0 Å². The normalized spacial score (nSPS) is 33.9. The Kier molecular flexibility index (Phi) is 4.37. The molecule has 3 N–H and O–H groups in total. The van der Waals surface area contributed by atoms with Gasteiger partial charge in [0.15, 0.2) is 0 Å². The van der Waals surface area contributed by atoms with Crippen molar-refractivity contribution in [2.75, 3.05) is 32.8 Å². The highest BCUT2D eigenvalue weighted by Gasteiger charge is 2.33. The summed E-state index contributed by atoms with van der Waals surface area (Å²) in [6.45, 7) is 2.88. The van der Waals surface area contributed by atoms with Gasteiger partial charge < -0.3 is 10.5 Å². The minimum atomic E-state index is -3.30. The lowest BCUT2D eigenvalue weighted by Crippen LogP contribution is -2.53. The molecule has 2 aliphatic heterocycles. The van der Waals surface area contributed by atoms with E-state index in [4.69, 9.17) is 10.5 Å². The van der Waals surface area contributed by atoms with Crippen molar-refractivity contribution in [2.45, 2.75) is 25.4 Å². The molecule has 0 aliphatic carbocycles. The molecule has 2 saturated heterocycles. The Morgan fingerprint density at radius 1 is 1.47 bits per heavy atom. The van der Waals surface area contributed by atoms with Crippen LogP contribution in [0, 0.1) is 5.92 Å². The van der Waals surface area contributed by atoms with Crippen molar-refractivity contribution < 1.29 is 13.2 Å². The van der Waals surface area contributed by atoms with Crippen LogP contribution in [0.25, 0.3) is 0 Å². The van der Waals surface area contributed by atoms with Crippen LogP contribution in [0.15, 0.2) is 0 Å². The number of hydrogen-bond acceptors (Lipinski definition) is 4. The first kappa shape index (κ1) is 13.2. The Balaban J connectivity index is 1.95. The first-order valence-electron chi connectivity index (χ1n) is 6.18. The molecule has 2 fully saturated rings. The summed E-state index contributed by atoms with van der Waals surface area (Å²) >= 11 is 0. The quantitative estimate of drug-likeness (QED) is 0.701. The zero-order valence-corrected chi connectivity index (χ0v) is 10.8. The third kappa shape index (κ3) is 3.38. The number of nitrogens with zero attached hydrogens (tertiary/aromatic N) is 1. The van der Waals surface area contributed by atoms with Crippen LogP contribution in [0.1, 0.15) is 19.3 Å². The number of nitrogens with two attached hydrogens (primary N) is 1. The summed E-state index contributed by atoms with van der Waals surface area (Å²) in [5.74, 6) is 0.310. The van der Waals surface area contributed by atoms with Gasteiger partial charge in [0.05, 0.1) is 6.10 Å². The van der Waals surface area contributed by atoms with Crippen molar-refractivity contribution >= 4 is 10.2 Å². The van der Waals surface area contributed by atoms with E-state index in [1.165, 1.54) is 4.31 Å². The fraction of sp³-hybridized carbons (Fsp3) is 1.00. The van der Waals surface area contributed by atoms with E-state index in [0.29, 0.717) is 32.1 Å². The molecule has 2 rings (SSSR count). The van der Waals surface area contributed by atoms with Gasteiger partial charge in [-0.3, -0.25) is 0 Å². The van der Waals surface area contributed by atoms with Crippen LogP contribution in [0.2, 0.25) is 0 Å². The summed E-state index contributed by atoms with van der Waals surface area (Å²) < 4.78 is 33.3. The molecule has 2 aliphatic rings. The predicted molar refractivity (Wildman–Crippen MR) is 64.6 cm³/mol. The van der Waals surface area contributed by atoms with Gasteiger partial charge in [0, 0.05) is 26.2 Å². The smallest absolute Gasteiger partial charge is 0.279 e. The first-order valence-corrected chi connectivity index (χ1v) is 7.62. The molecule has 2 heterocycles. The fourth-order valence-corrected chi connectivity index (χ4v) is 3.78. The molecule has 2 unspecified atom stereocenters. The Hall–Kier alpha value is -0.210. The molecular formula is C10H21N3O3S. The lowest BCUT2D eigenvalue weighted by atomic mass is 10.1. The second-order valence-electron chi connectivity index (χ2n) is 4.75. The van der Waals surface area contributed by atoms with Crippen LogP contribution < -0.4 is 10.5 Å². The van der Waals surface area contributed by atoms with Crippen LogP contribution >= 0.6 is 0 Å². The SMILES string of the molecule is NCCC1CNS(=O)(=O)N(CC2CCCO2)C1. The predicted octanol–water partition coefficient (Wildman–Crippen LogP) is -0.720. The maximum Gasteiger partial charge on any atom is 0.279 e. The fourth-order valence-electron chi connectivity index (χ4n) is 2.38. The lowest BCUT2D eigenvalue weighted by molar-refractivity contribution is 0.0884. The zero-order valence-electron chi connectivity index (χ0n) is 9.97. The van der Waals surface area contributed by atoms with E-state index in [9.17, 15) is 8.42 Å². The van der Waals surface area contributed by atoms with Crippen molar-refractivity contribution in [1.29, 1.82) is 0 Å². The van der Waals surface area contributed by atoms with Gasteiger partial charge in [-0.05, 0) is 31.7 Å². The third-order valence-electron chi connectivity index (χ3n) is 3.36. The van der Waals surface area contributed by atoms with Gasteiger partial charge in [-0.1, -0.05) is 0 Å². The summed E-state index contributed by atoms with van der Waals surface area (Å²) in [6, 6.07) is 0. The van der Waals surface area contributed by atoms with Crippen molar-refractivity contribution in [3.05, 3.63) is 0 Å². The molecule has 0 saturated carbocycles. The largest absolute Gasteiger partial charge is 0.377 e. The molecule has 17 heavy (non-hydrogen) atoms. The first-order chi connectivity index (χ1) is 8.12. The third-order valence-corrected chi connectivity index (χ3v) is 4.87. The van der Waals surface area contributed by atoms with Gasteiger partial charge >= 0.3 is 0 Å². The second kappa shape index (κ2) is 5.62. The molecule has 0 aromatic heterocycles. The van der Waals surface area contributed by atoms with Crippen molar-refractivity contribution in [3.63, 3.8) is 0 Å². The van der Waals surface area contributed by atoms with Gasteiger partial charge in [-0.25, -0.2) is 4.72 Å². The van der Waals surface area contributed by atoms with Crippen LogP contribution in [0.5, 0.6) is 0 Å². The van der Waals surface area contributed by atoms with Crippen molar-refractivity contribution in [2.24, 2.45) is 11.7 Å². The minimum Gasteiger partial charge on any atom is -0.377 e. The highest BCUT2D eigenvalue weighted by atomic mass is 32.2. The summed E-state index contributed by atoms with van der Waals surface area (Å²) in [5, 5.41) is 0. The average Bonchev–Trinajstić information content (AvgIpc) is 2.76. The lowest BCUT2D eigenvalue weighted by Gasteiger charge is -2.33. The molecular weight excluding hydrogens is 242 g/mol. The van der Waals surface area contributed by atoms with Gasteiger partial charge in [0.25, 0.3) is 10.2 Å². The van der Waals surface area contributed by atoms with E-state index in [-0.39, 0.29) is 6.10 Å². The molecule has 2 atom stereocenters. The molecule has 100 valence electrons. The molecule has 7 heteroatoms. The van der Waals surface area contributed by atoms with Gasteiger partial charge in [-0.15, -0.1) is 0 Å². The Labute approximate surface area is 103 Å². The van der Waals surface area contributed by atoms with Gasteiger partial charge in [0.2, 0.25) is 0 Å². The second-order valence-corrected chi connectivity index (χ2v) is 6.50. The summed E-state index contributed by atoms with van der Waals surface area (Å²) in [4.78, 5) is 0. The minimum absolute atomic E-state index is 0.0585. The van der Waals surface area contributed by atoms with E-state index >= 15 is 0 Å². The number of nitrogens with one attached hydrogen (secondary N) is 1. The molecule has 0 radical (unpaired) electrons. The van der Waals surface area contributed by atoms with Gasteiger partial charge in [-0.2, -0.15) is 12.7 Å². The Morgan fingerprint density at radius 2 is 2.29 bits per heavy atom. The molecule has 6 nitrogen and oxygen atoms in total. The maximum atomic E-state index is 11.8. The van der Waals surface area contributed by atoms with Gasteiger partial charge in [0.1, 0.15) is 0 Å². The van der Waals surface area contributed by atoms with Crippen LogP contribution in [0.4, 0.5) is 0 Å². The Morgan fingerprint density at radius 3 is 2.94 bits per heavy atom. The zero-order chi connectivity index (χ0) is 12.3. The summed E-state index contributed by atoms with van der Waals surface area (Å²) in [7, 11) is -3.30. The standard InChI is InChI=1S/C10H21N3O3S/c11-4-3-9-6-12-17(14,15)13(7-9)8-10-2-1-5-16-10/h9-10,12H,1-8,11H2. The van der Waals surface area contributed by atoms with E-state index in [1.807, 2.05) is 0 Å². The van der Waals surface area contributed by atoms with Crippen LogP contribution in [-0.4, -0.2) is 51.6 Å². The topological polar surface area (TPSA) is 84.7 Å². The number of rotatable bonds is 4. The number of hydrogen-bond donors (Lipinski definition) is 2. The molecule has 0 aromatic carbocycles. The number of ether oxygens (including phenoxy) is 1.